The van der Waals surface area contributed by atoms with Crippen LogP contribution in [0.4, 0.5) is 5.69 Å². The monoisotopic (exact) mass is 467 g/mol. The Morgan fingerprint density at radius 3 is 2.45 bits per heavy atom. The topological polar surface area (TPSA) is 107 Å². The van der Waals surface area contributed by atoms with Gasteiger partial charge in [-0.05, 0) is 49.2 Å². The summed E-state index contributed by atoms with van der Waals surface area (Å²) in [7, 11) is -3.70. The van der Waals surface area contributed by atoms with E-state index < -0.39 is 10.0 Å². The van der Waals surface area contributed by atoms with E-state index in [4.69, 9.17) is 0 Å². The number of aromatic nitrogens is 2. The summed E-state index contributed by atoms with van der Waals surface area (Å²) in [6, 6.07) is 10.5. The Morgan fingerprint density at radius 1 is 0.970 bits per heavy atom. The van der Waals surface area contributed by atoms with Crippen molar-refractivity contribution in [2.45, 2.75) is 24.2 Å². The fraction of sp³-hybridized carbons (Fsp3) is 0.348. The molecule has 3 aromatic rings. The summed E-state index contributed by atoms with van der Waals surface area (Å²) in [6.45, 7) is 1.77. The Hall–Kier alpha value is -3.24. The molecule has 4 heterocycles. The van der Waals surface area contributed by atoms with Crippen molar-refractivity contribution < 1.29 is 18.0 Å². The largest absolute Gasteiger partial charge is 0.345 e. The first-order chi connectivity index (χ1) is 15.9. The zero-order valence-electron chi connectivity index (χ0n) is 18.1. The van der Waals surface area contributed by atoms with Crippen molar-refractivity contribution in [3.05, 3.63) is 54.4 Å². The third-order valence-electron chi connectivity index (χ3n) is 6.31. The summed E-state index contributed by atoms with van der Waals surface area (Å²) in [4.78, 5) is 35.8. The molecule has 0 aliphatic carbocycles. The van der Waals surface area contributed by atoms with Crippen LogP contribution < -0.4 is 4.90 Å². The number of hydrogen-bond donors (Lipinski definition) is 1. The van der Waals surface area contributed by atoms with Gasteiger partial charge in [-0.2, -0.15) is 4.31 Å². The Balaban J connectivity index is 1.25. The van der Waals surface area contributed by atoms with Crippen LogP contribution in [-0.2, 0) is 14.8 Å². The molecule has 172 valence electrons. The number of anilines is 1. The van der Waals surface area contributed by atoms with E-state index in [0.29, 0.717) is 42.7 Å². The summed E-state index contributed by atoms with van der Waals surface area (Å²) in [6.07, 6.45) is 5.54. The number of benzene rings is 1. The van der Waals surface area contributed by atoms with Gasteiger partial charge >= 0.3 is 0 Å². The van der Waals surface area contributed by atoms with E-state index in [1.807, 2.05) is 12.1 Å². The zero-order chi connectivity index (χ0) is 23.0. The maximum absolute atomic E-state index is 13.2. The van der Waals surface area contributed by atoms with Crippen LogP contribution in [0.15, 0.2) is 53.7 Å². The Morgan fingerprint density at radius 2 is 1.73 bits per heavy atom. The van der Waals surface area contributed by atoms with Gasteiger partial charge in [0, 0.05) is 68.2 Å². The number of carbonyl (C=O) groups is 2. The molecule has 2 saturated heterocycles. The number of rotatable bonds is 4. The number of carbonyl (C=O) groups excluding carboxylic acids is 2. The molecule has 5 rings (SSSR count). The number of piperidine rings is 1. The molecule has 0 atom stereocenters. The van der Waals surface area contributed by atoms with Crippen LogP contribution in [0.1, 0.15) is 29.6 Å². The number of aromatic amines is 1. The highest BCUT2D eigenvalue weighted by atomic mass is 32.2. The smallest absolute Gasteiger partial charge is 0.253 e. The average Bonchev–Trinajstić information content (AvgIpc) is 3.29. The minimum absolute atomic E-state index is 0.114. The molecule has 9 nitrogen and oxygen atoms in total. The molecule has 2 amide bonds. The first kappa shape index (κ1) is 21.6. The zero-order valence-corrected chi connectivity index (χ0v) is 18.9. The van der Waals surface area contributed by atoms with E-state index in [9.17, 15) is 18.0 Å². The van der Waals surface area contributed by atoms with Crippen molar-refractivity contribution in [3.8, 4) is 0 Å². The lowest BCUT2D eigenvalue weighted by Gasteiger charge is -2.34. The second kappa shape index (κ2) is 8.60. The number of fused-ring (bicyclic) bond motifs is 1. The Labute approximate surface area is 192 Å². The molecular formula is C23H25N5O4S. The van der Waals surface area contributed by atoms with Gasteiger partial charge in [0.2, 0.25) is 15.9 Å². The third-order valence-corrected chi connectivity index (χ3v) is 8.24. The van der Waals surface area contributed by atoms with E-state index in [2.05, 4.69) is 9.97 Å². The van der Waals surface area contributed by atoms with E-state index in [0.717, 1.165) is 18.5 Å². The molecule has 2 fully saturated rings. The van der Waals surface area contributed by atoms with Gasteiger partial charge in [-0.3, -0.25) is 9.59 Å². The van der Waals surface area contributed by atoms with Crippen molar-refractivity contribution >= 4 is 38.6 Å². The van der Waals surface area contributed by atoms with Crippen molar-refractivity contribution in [2.75, 3.05) is 37.6 Å². The summed E-state index contributed by atoms with van der Waals surface area (Å²) >= 11 is 0. The Bertz CT molecular complexity index is 1290. The fourth-order valence-corrected chi connectivity index (χ4v) is 6.03. The van der Waals surface area contributed by atoms with Gasteiger partial charge in [0.25, 0.3) is 5.91 Å². The van der Waals surface area contributed by atoms with Gasteiger partial charge in [-0.15, -0.1) is 0 Å². The highest BCUT2D eigenvalue weighted by Crippen LogP contribution is 2.26. The van der Waals surface area contributed by atoms with Crippen LogP contribution in [0.3, 0.4) is 0 Å². The van der Waals surface area contributed by atoms with E-state index >= 15 is 0 Å². The van der Waals surface area contributed by atoms with Gasteiger partial charge in [0.15, 0.2) is 0 Å². The molecule has 0 spiro atoms. The summed E-state index contributed by atoms with van der Waals surface area (Å²) in [5.41, 5.74) is 1.86. The highest BCUT2D eigenvalue weighted by molar-refractivity contribution is 7.89. The lowest BCUT2D eigenvalue weighted by atomic mass is 10.1. The molecule has 2 aromatic heterocycles. The summed E-state index contributed by atoms with van der Waals surface area (Å²) in [5.74, 6) is -0.0245. The number of piperazine rings is 1. The van der Waals surface area contributed by atoms with Crippen LogP contribution in [0.2, 0.25) is 0 Å². The second-order valence-electron chi connectivity index (χ2n) is 8.30. The fourth-order valence-electron chi connectivity index (χ4n) is 4.46. The molecule has 1 aromatic carbocycles. The molecule has 2 aliphatic heterocycles. The van der Waals surface area contributed by atoms with E-state index in [-0.39, 0.29) is 29.8 Å². The van der Waals surface area contributed by atoms with Crippen LogP contribution in [-0.4, -0.2) is 72.1 Å². The lowest BCUT2D eigenvalue weighted by Crippen LogP contribution is -2.50. The number of nitrogens with one attached hydrogen (secondary N) is 1. The molecule has 0 radical (unpaired) electrons. The van der Waals surface area contributed by atoms with Crippen molar-refractivity contribution in [2.24, 2.45) is 0 Å². The normalized spacial score (nSPS) is 18.1. The number of pyridine rings is 1. The first-order valence-electron chi connectivity index (χ1n) is 11.1. The lowest BCUT2D eigenvalue weighted by molar-refractivity contribution is -0.119. The van der Waals surface area contributed by atoms with Gasteiger partial charge < -0.3 is 14.8 Å². The number of nitrogens with zero attached hydrogens (tertiary/aromatic N) is 4. The predicted octanol–water partition coefficient (Wildman–Crippen LogP) is 2.23. The standard InChI is InChI=1S/C23H25N5O4S/c29-21-5-1-2-11-28(21)18-8-6-17(7-9-18)23(30)26-12-14-27(15-13-26)33(31,32)20-16-25-22-19(20)4-3-10-24-22/h3-4,6-10,16H,1-2,5,11-15H2,(H,24,25). The van der Waals surface area contributed by atoms with Crippen LogP contribution in [0, 0.1) is 0 Å². The molecule has 2 aliphatic rings. The van der Waals surface area contributed by atoms with Crippen molar-refractivity contribution in [1.29, 1.82) is 0 Å². The molecule has 33 heavy (non-hydrogen) atoms. The molecule has 0 saturated carbocycles. The van der Waals surface area contributed by atoms with Gasteiger partial charge in [-0.25, -0.2) is 13.4 Å². The van der Waals surface area contributed by atoms with Gasteiger partial charge in [0.1, 0.15) is 10.5 Å². The van der Waals surface area contributed by atoms with Crippen molar-refractivity contribution in [3.63, 3.8) is 0 Å². The maximum Gasteiger partial charge on any atom is 0.253 e. The number of amides is 2. The average molecular weight is 468 g/mol. The first-order valence-corrected chi connectivity index (χ1v) is 12.5. The quantitative estimate of drug-likeness (QED) is 0.633. The van der Waals surface area contributed by atoms with E-state index in [1.54, 1.807) is 40.3 Å². The Kier molecular flexibility index (Phi) is 5.63. The molecular weight excluding hydrogens is 442 g/mol. The molecule has 1 N–H and O–H groups in total. The molecule has 0 unspecified atom stereocenters. The van der Waals surface area contributed by atoms with E-state index in [1.165, 1.54) is 10.5 Å². The third kappa shape index (κ3) is 4.00. The van der Waals surface area contributed by atoms with Crippen molar-refractivity contribution in [1.82, 2.24) is 19.2 Å². The summed E-state index contributed by atoms with van der Waals surface area (Å²) in [5, 5.41) is 0.559. The highest BCUT2D eigenvalue weighted by Gasteiger charge is 2.32. The number of H-pyrrole nitrogens is 1. The van der Waals surface area contributed by atoms with Crippen LogP contribution in [0.25, 0.3) is 11.0 Å². The second-order valence-corrected chi connectivity index (χ2v) is 10.2. The number of sulfonamides is 1. The molecule has 0 bridgehead atoms. The SMILES string of the molecule is O=C(c1ccc(N2CCCCC2=O)cc1)N1CCN(S(=O)(=O)c2c[nH]c3ncccc23)CC1. The van der Waals surface area contributed by atoms with Crippen LogP contribution >= 0.6 is 0 Å². The minimum Gasteiger partial charge on any atom is -0.345 e. The van der Waals surface area contributed by atoms with Crippen LogP contribution in [0.5, 0.6) is 0 Å². The summed E-state index contributed by atoms with van der Waals surface area (Å²) < 4.78 is 27.7. The van der Waals surface area contributed by atoms with Gasteiger partial charge in [0.05, 0.1) is 0 Å². The predicted molar refractivity (Wildman–Crippen MR) is 123 cm³/mol. The maximum atomic E-state index is 13.2. The minimum atomic E-state index is -3.70. The number of hydrogen-bond acceptors (Lipinski definition) is 5. The molecule has 10 heteroatoms. The van der Waals surface area contributed by atoms with Gasteiger partial charge in [-0.1, -0.05) is 0 Å².